The first-order chi connectivity index (χ1) is 14.5. The molecule has 0 spiro atoms. The van der Waals surface area contributed by atoms with E-state index in [0.717, 1.165) is 23.4 Å². The van der Waals surface area contributed by atoms with Gasteiger partial charge in [-0.1, -0.05) is 43.6 Å². The van der Waals surface area contributed by atoms with Crippen LogP contribution in [0.4, 0.5) is 11.4 Å². The summed E-state index contributed by atoms with van der Waals surface area (Å²) >= 11 is 8.35. The number of hydrogen-bond donors (Lipinski definition) is 1. The topological polar surface area (TPSA) is 32.3 Å². The summed E-state index contributed by atoms with van der Waals surface area (Å²) in [7, 11) is 0. The average Bonchev–Trinajstić information content (AvgIpc) is 2.76. The number of halogens is 2. The molecule has 0 saturated heterocycles. The minimum Gasteiger partial charge on any atom is -0.378 e. The standard InChI is InChI=1S/C25H24ClIN2O/c1-3-22-16(2)24(28-20-14-12-19(27)13-15-20)21-6-4-5-7-23(21)29(22)25(30)17-8-10-18(26)11-9-17/h4-16,22,24,28H,3H2,1-2H3. The highest BCUT2D eigenvalue weighted by Gasteiger charge is 2.40. The lowest BCUT2D eigenvalue weighted by Crippen LogP contribution is -2.50. The molecular weight excluding hydrogens is 507 g/mol. The van der Waals surface area contributed by atoms with Gasteiger partial charge in [0.25, 0.3) is 5.91 Å². The third-order valence-corrected chi connectivity index (χ3v) is 6.86. The highest BCUT2D eigenvalue weighted by atomic mass is 127. The molecule has 3 nitrogen and oxygen atoms in total. The summed E-state index contributed by atoms with van der Waals surface area (Å²) in [4.78, 5) is 15.5. The first-order valence-corrected chi connectivity index (χ1v) is 11.7. The van der Waals surface area contributed by atoms with Crippen molar-refractivity contribution in [2.75, 3.05) is 10.2 Å². The van der Waals surface area contributed by atoms with Crippen molar-refractivity contribution >= 4 is 51.5 Å². The van der Waals surface area contributed by atoms with E-state index in [-0.39, 0.29) is 23.9 Å². The number of fused-ring (bicyclic) bond motifs is 1. The van der Waals surface area contributed by atoms with Crippen LogP contribution in [0.1, 0.15) is 42.2 Å². The van der Waals surface area contributed by atoms with Gasteiger partial charge >= 0.3 is 0 Å². The fraction of sp³-hybridized carbons (Fsp3) is 0.240. The second-order valence-corrected chi connectivity index (χ2v) is 9.39. The van der Waals surface area contributed by atoms with Gasteiger partial charge in [-0.3, -0.25) is 4.79 Å². The van der Waals surface area contributed by atoms with Crippen LogP contribution >= 0.6 is 34.2 Å². The Labute approximate surface area is 196 Å². The van der Waals surface area contributed by atoms with Crippen molar-refractivity contribution in [2.24, 2.45) is 5.92 Å². The lowest BCUT2D eigenvalue weighted by molar-refractivity contribution is 0.0960. The molecule has 3 aromatic rings. The maximum atomic E-state index is 13.6. The normalized spacial score (nSPS) is 20.5. The zero-order valence-corrected chi connectivity index (χ0v) is 19.9. The predicted molar refractivity (Wildman–Crippen MR) is 133 cm³/mol. The van der Waals surface area contributed by atoms with Gasteiger partial charge in [0.1, 0.15) is 0 Å². The molecule has 1 heterocycles. The summed E-state index contributed by atoms with van der Waals surface area (Å²) in [6, 6.07) is 24.1. The Morgan fingerprint density at radius 1 is 1.03 bits per heavy atom. The summed E-state index contributed by atoms with van der Waals surface area (Å²) in [6.45, 7) is 4.38. The van der Waals surface area contributed by atoms with E-state index in [1.165, 1.54) is 3.57 Å². The number of nitrogens with one attached hydrogen (secondary N) is 1. The molecule has 3 unspecified atom stereocenters. The minimum atomic E-state index is 0.0190. The molecule has 0 saturated carbocycles. The van der Waals surface area contributed by atoms with Crippen molar-refractivity contribution in [3.05, 3.63) is 92.5 Å². The van der Waals surface area contributed by atoms with E-state index in [4.69, 9.17) is 11.6 Å². The highest BCUT2D eigenvalue weighted by molar-refractivity contribution is 14.1. The molecule has 5 heteroatoms. The van der Waals surface area contributed by atoms with Crippen LogP contribution in [0.25, 0.3) is 0 Å². The number of anilines is 2. The number of rotatable bonds is 4. The molecule has 3 aromatic carbocycles. The molecule has 0 fully saturated rings. The van der Waals surface area contributed by atoms with E-state index in [1.54, 1.807) is 24.3 Å². The van der Waals surface area contributed by atoms with Crippen molar-refractivity contribution in [2.45, 2.75) is 32.4 Å². The van der Waals surface area contributed by atoms with E-state index in [1.807, 2.05) is 17.0 Å². The number of hydrogen-bond acceptors (Lipinski definition) is 2. The molecule has 0 bridgehead atoms. The molecule has 0 radical (unpaired) electrons. The van der Waals surface area contributed by atoms with E-state index >= 15 is 0 Å². The zero-order chi connectivity index (χ0) is 21.3. The van der Waals surface area contributed by atoms with Gasteiger partial charge in [0.15, 0.2) is 0 Å². The second kappa shape index (κ2) is 8.98. The number of carbonyl (C=O) groups is 1. The van der Waals surface area contributed by atoms with Crippen molar-refractivity contribution in [1.29, 1.82) is 0 Å². The summed E-state index contributed by atoms with van der Waals surface area (Å²) < 4.78 is 1.21. The second-order valence-electron chi connectivity index (χ2n) is 7.70. The van der Waals surface area contributed by atoms with Gasteiger partial charge in [-0.25, -0.2) is 0 Å². The molecule has 1 amide bonds. The maximum absolute atomic E-state index is 13.6. The van der Waals surface area contributed by atoms with Gasteiger partial charge in [0.05, 0.1) is 6.04 Å². The lowest BCUT2D eigenvalue weighted by Gasteiger charge is -2.45. The Morgan fingerprint density at radius 2 is 1.70 bits per heavy atom. The van der Waals surface area contributed by atoms with Crippen molar-refractivity contribution in [3.8, 4) is 0 Å². The molecular formula is C25H24ClIN2O. The molecule has 3 atom stereocenters. The maximum Gasteiger partial charge on any atom is 0.258 e. The molecule has 1 aliphatic heterocycles. The molecule has 1 N–H and O–H groups in total. The third-order valence-electron chi connectivity index (χ3n) is 5.89. The van der Waals surface area contributed by atoms with E-state index < -0.39 is 0 Å². The zero-order valence-electron chi connectivity index (χ0n) is 17.0. The summed E-state index contributed by atoms with van der Waals surface area (Å²) in [6.07, 6.45) is 0.875. The van der Waals surface area contributed by atoms with Gasteiger partial charge in [0, 0.05) is 37.5 Å². The fourth-order valence-electron chi connectivity index (χ4n) is 4.37. The number of amides is 1. The molecule has 1 aliphatic rings. The van der Waals surface area contributed by atoms with Crippen LogP contribution in [0.15, 0.2) is 72.8 Å². The molecule has 30 heavy (non-hydrogen) atoms. The summed E-state index contributed by atoms with van der Waals surface area (Å²) in [5, 5.41) is 4.36. The van der Waals surface area contributed by atoms with Gasteiger partial charge in [-0.15, -0.1) is 0 Å². The number of carbonyl (C=O) groups excluding carboxylic acids is 1. The Kier molecular flexibility index (Phi) is 6.34. The third kappa shape index (κ3) is 4.08. The van der Waals surface area contributed by atoms with Gasteiger partial charge in [-0.2, -0.15) is 0 Å². The van der Waals surface area contributed by atoms with Gasteiger partial charge in [-0.05, 0) is 89.2 Å². The minimum absolute atomic E-state index is 0.0190. The van der Waals surface area contributed by atoms with Crippen LogP contribution in [-0.2, 0) is 0 Å². The van der Waals surface area contributed by atoms with E-state index in [2.05, 4.69) is 78.2 Å². The number of nitrogens with zero attached hydrogens (tertiary/aromatic N) is 1. The van der Waals surface area contributed by atoms with Crippen LogP contribution in [0.3, 0.4) is 0 Å². The fourth-order valence-corrected chi connectivity index (χ4v) is 4.86. The van der Waals surface area contributed by atoms with Crippen LogP contribution in [0, 0.1) is 9.49 Å². The Hall–Kier alpha value is -2.05. The van der Waals surface area contributed by atoms with Crippen molar-refractivity contribution < 1.29 is 4.79 Å². The van der Waals surface area contributed by atoms with Crippen LogP contribution in [0.5, 0.6) is 0 Å². The van der Waals surface area contributed by atoms with Gasteiger partial charge in [0.2, 0.25) is 0 Å². The summed E-state index contributed by atoms with van der Waals surface area (Å²) in [5.41, 5.74) is 3.87. The monoisotopic (exact) mass is 530 g/mol. The van der Waals surface area contributed by atoms with Crippen molar-refractivity contribution in [1.82, 2.24) is 0 Å². The van der Waals surface area contributed by atoms with Crippen LogP contribution < -0.4 is 10.2 Å². The molecule has 154 valence electrons. The quantitative estimate of drug-likeness (QED) is 0.363. The Bertz CT molecular complexity index is 1040. The van der Waals surface area contributed by atoms with Gasteiger partial charge < -0.3 is 10.2 Å². The molecule has 0 aliphatic carbocycles. The molecule has 4 rings (SSSR count). The number of benzene rings is 3. The predicted octanol–water partition coefficient (Wildman–Crippen LogP) is 7.17. The van der Waals surface area contributed by atoms with Crippen molar-refractivity contribution in [3.63, 3.8) is 0 Å². The van der Waals surface area contributed by atoms with Crippen LogP contribution in [-0.4, -0.2) is 11.9 Å². The highest BCUT2D eigenvalue weighted by Crippen LogP contribution is 2.44. The first kappa shape index (κ1) is 21.2. The largest absolute Gasteiger partial charge is 0.378 e. The average molecular weight is 531 g/mol. The Balaban J connectivity index is 1.75. The first-order valence-electron chi connectivity index (χ1n) is 10.2. The van der Waals surface area contributed by atoms with Crippen LogP contribution in [0.2, 0.25) is 5.02 Å². The summed E-state index contributed by atoms with van der Waals surface area (Å²) in [5.74, 6) is 0.256. The Morgan fingerprint density at radius 3 is 2.37 bits per heavy atom. The van der Waals surface area contributed by atoms with E-state index in [0.29, 0.717) is 10.6 Å². The van der Waals surface area contributed by atoms with E-state index in [9.17, 15) is 4.79 Å². The SMILES string of the molecule is CCC1C(C)C(Nc2ccc(I)cc2)c2ccccc2N1C(=O)c1ccc(Cl)cc1. The molecule has 0 aromatic heterocycles. The number of para-hydroxylation sites is 1. The lowest BCUT2D eigenvalue weighted by atomic mass is 9.80. The smallest absolute Gasteiger partial charge is 0.258 e.